The molecule has 2 fully saturated rings. The van der Waals surface area contributed by atoms with Crippen LogP contribution < -0.4 is 10.2 Å². The van der Waals surface area contributed by atoms with Crippen LogP contribution >= 0.6 is 0 Å². The fourth-order valence-electron chi connectivity index (χ4n) is 3.17. The zero-order valence-electron chi connectivity index (χ0n) is 12.9. The highest BCUT2D eigenvalue weighted by molar-refractivity contribution is 5.99. The van der Waals surface area contributed by atoms with Crippen LogP contribution in [0.25, 0.3) is 0 Å². The van der Waals surface area contributed by atoms with E-state index in [2.05, 4.69) is 5.32 Å². The van der Waals surface area contributed by atoms with E-state index in [1.807, 2.05) is 0 Å². The standard InChI is InChI=1S/C16H19N3O4/c1-16(14(21)22)7-2-9-19(16)13(20)11-3-5-12(6-4-11)18-10-8-17-15(18)23/h3-6H,2,7-10H2,1H3,(H,17,23)(H,21,22)/t16-/m1/s1. The van der Waals surface area contributed by atoms with Gasteiger partial charge in [0.15, 0.2) is 0 Å². The third-order valence-electron chi connectivity index (χ3n) is 4.63. The zero-order chi connectivity index (χ0) is 16.6. The number of amides is 3. The molecule has 1 aromatic carbocycles. The van der Waals surface area contributed by atoms with Crippen LogP contribution in [0.1, 0.15) is 30.1 Å². The molecule has 0 aromatic heterocycles. The maximum Gasteiger partial charge on any atom is 0.329 e. The van der Waals surface area contributed by atoms with Gasteiger partial charge in [0.1, 0.15) is 5.54 Å². The number of aliphatic carboxylic acids is 1. The molecule has 7 heteroatoms. The molecule has 3 amide bonds. The molecule has 2 saturated heterocycles. The lowest BCUT2D eigenvalue weighted by Crippen LogP contribution is -2.50. The Labute approximate surface area is 133 Å². The number of nitrogens with zero attached hydrogens (tertiary/aromatic N) is 2. The number of carbonyl (C=O) groups excluding carboxylic acids is 2. The molecule has 0 bridgehead atoms. The molecular formula is C16H19N3O4. The summed E-state index contributed by atoms with van der Waals surface area (Å²) in [5.41, 5.74) is 0.00613. The van der Waals surface area contributed by atoms with Gasteiger partial charge in [0.2, 0.25) is 0 Å². The second-order valence-electron chi connectivity index (χ2n) is 6.07. The molecule has 7 nitrogen and oxygen atoms in total. The second-order valence-corrected chi connectivity index (χ2v) is 6.07. The second kappa shape index (κ2) is 5.57. The summed E-state index contributed by atoms with van der Waals surface area (Å²) in [6.45, 7) is 3.22. The summed E-state index contributed by atoms with van der Waals surface area (Å²) in [6, 6.07) is 6.56. The van der Waals surface area contributed by atoms with E-state index in [1.165, 1.54) is 4.90 Å². The summed E-state index contributed by atoms with van der Waals surface area (Å²) in [4.78, 5) is 38.8. The minimum atomic E-state index is -1.15. The quantitative estimate of drug-likeness (QED) is 0.879. The van der Waals surface area contributed by atoms with Crippen molar-refractivity contribution in [2.75, 3.05) is 24.5 Å². The number of urea groups is 1. The topological polar surface area (TPSA) is 89.9 Å². The Hall–Kier alpha value is -2.57. The minimum absolute atomic E-state index is 0.151. The molecule has 2 N–H and O–H groups in total. The number of rotatable bonds is 3. The van der Waals surface area contributed by atoms with E-state index in [-0.39, 0.29) is 11.9 Å². The van der Waals surface area contributed by atoms with E-state index < -0.39 is 11.5 Å². The van der Waals surface area contributed by atoms with Gasteiger partial charge in [-0.2, -0.15) is 0 Å². The van der Waals surface area contributed by atoms with Gasteiger partial charge in [0.05, 0.1) is 0 Å². The number of anilines is 1. The number of likely N-dealkylation sites (tertiary alicyclic amines) is 1. The third-order valence-corrected chi connectivity index (χ3v) is 4.63. The van der Waals surface area contributed by atoms with E-state index in [0.717, 1.165) is 5.69 Å². The van der Waals surface area contributed by atoms with E-state index in [0.29, 0.717) is 38.0 Å². The van der Waals surface area contributed by atoms with Crippen molar-refractivity contribution in [2.24, 2.45) is 0 Å². The monoisotopic (exact) mass is 317 g/mol. The van der Waals surface area contributed by atoms with Crippen molar-refractivity contribution < 1.29 is 19.5 Å². The number of carboxylic acid groups (broad SMARTS) is 1. The SMILES string of the molecule is C[C@]1(C(=O)O)CCCN1C(=O)c1ccc(N2CCNC2=O)cc1. The maximum absolute atomic E-state index is 12.6. The Morgan fingerprint density at radius 2 is 1.91 bits per heavy atom. The van der Waals surface area contributed by atoms with Crippen molar-refractivity contribution in [3.8, 4) is 0 Å². The van der Waals surface area contributed by atoms with Crippen LogP contribution in [0.15, 0.2) is 24.3 Å². The Morgan fingerprint density at radius 1 is 1.22 bits per heavy atom. The molecule has 23 heavy (non-hydrogen) atoms. The van der Waals surface area contributed by atoms with Crippen molar-refractivity contribution in [1.29, 1.82) is 0 Å². The molecule has 1 aromatic rings. The average molecular weight is 317 g/mol. The molecule has 2 heterocycles. The third kappa shape index (κ3) is 2.52. The number of hydrogen-bond donors (Lipinski definition) is 2. The first-order valence-electron chi connectivity index (χ1n) is 7.64. The van der Waals surface area contributed by atoms with Gasteiger partial charge in [0, 0.05) is 30.9 Å². The molecule has 0 unspecified atom stereocenters. The lowest BCUT2D eigenvalue weighted by atomic mass is 9.98. The van der Waals surface area contributed by atoms with Gasteiger partial charge in [-0.15, -0.1) is 0 Å². The first kappa shape index (κ1) is 15.3. The predicted molar refractivity (Wildman–Crippen MR) is 83.5 cm³/mol. The fraction of sp³-hybridized carbons (Fsp3) is 0.438. The number of hydrogen-bond acceptors (Lipinski definition) is 3. The summed E-state index contributed by atoms with van der Waals surface area (Å²) < 4.78 is 0. The molecular weight excluding hydrogens is 298 g/mol. The van der Waals surface area contributed by atoms with Gasteiger partial charge in [-0.3, -0.25) is 9.69 Å². The molecule has 1 atom stereocenters. The molecule has 0 aliphatic carbocycles. The largest absolute Gasteiger partial charge is 0.480 e. The van der Waals surface area contributed by atoms with Crippen LogP contribution in [0.3, 0.4) is 0 Å². The summed E-state index contributed by atoms with van der Waals surface area (Å²) in [6.07, 6.45) is 1.14. The number of carbonyl (C=O) groups is 3. The van der Waals surface area contributed by atoms with Crippen LogP contribution in [-0.2, 0) is 4.79 Å². The maximum atomic E-state index is 12.6. The van der Waals surface area contributed by atoms with Gasteiger partial charge in [-0.05, 0) is 44.0 Å². The smallest absolute Gasteiger partial charge is 0.329 e. The van der Waals surface area contributed by atoms with E-state index in [4.69, 9.17) is 0 Å². The lowest BCUT2D eigenvalue weighted by molar-refractivity contribution is -0.147. The fourth-order valence-corrected chi connectivity index (χ4v) is 3.17. The van der Waals surface area contributed by atoms with Crippen LogP contribution in [-0.4, -0.2) is 53.1 Å². The van der Waals surface area contributed by atoms with Crippen LogP contribution in [0.2, 0.25) is 0 Å². The minimum Gasteiger partial charge on any atom is -0.480 e. The van der Waals surface area contributed by atoms with Crippen molar-refractivity contribution in [1.82, 2.24) is 10.2 Å². The lowest BCUT2D eigenvalue weighted by Gasteiger charge is -2.31. The van der Waals surface area contributed by atoms with Crippen molar-refractivity contribution >= 4 is 23.6 Å². The normalized spacial score (nSPS) is 24.0. The molecule has 2 aliphatic rings. The Bertz CT molecular complexity index is 658. The van der Waals surface area contributed by atoms with Gasteiger partial charge >= 0.3 is 12.0 Å². The molecule has 0 spiro atoms. The molecule has 2 aliphatic heterocycles. The van der Waals surface area contributed by atoms with Crippen LogP contribution in [0.5, 0.6) is 0 Å². The summed E-state index contributed by atoms with van der Waals surface area (Å²) in [5.74, 6) is -1.27. The molecule has 0 radical (unpaired) electrons. The van der Waals surface area contributed by atoms with E-state index in [1.54, 1.807) is 36.1 Å². The van der Waals surface area contributed by atoms with Gasteiger partial charge in [0.25, 0.3) is 5.91 Å². The molecule has 122 valence electrons. The highest BCUT2D eigenvalue weighted by Crippen LogP contribution is 2.31. The van der Waals surface area contributed by atoms with E-state index in [9.17, 15) is 19.5 Å². The van der Waals surface area contributed by atoms with Crippen molar-refractivity contribution in [2.45, 2.75) is 25.3 Å². The summed E-state index contributed by atoms with van der Waals surface area (Å²) in [5, 5.41) is 12.1. The van der Waals surface area contributed by atoms with Gasteiger partial charge in [-0.1, -0.05) is 0 Å². The van der Waals surface area contributed by atoms with Crippen LogP contribution in [0, 0.1) is 0 Å². The summed E-state index contributed by atoms with van der Waals surface area (Å²) in [7, 11) is 0. The van der Waals surface area contributed by atoms with Crippen molar-refractivity contribution in [3.05, 3.63) is 29.8 Å². The van der Waals surface area contributed by atoms with Gasteiger partial charge in [-0.25, -0.2) is 9.59 Å². The van der Waals surface area contributed by atoms with Gasteiger partial charge < -0.3 is 15.3 Å². The Kier molecular flexibility index (Phi) is 3.71. The number of benzene rings is 1. The van der Waals surface area contributed by atoms with E-state index >= 15 is 0 Å². The summed E-state index contributed by atoms with van der Waals surface area (Å²) >= 11 is 0. The highest BCUT2D eigenvalue weighted by atomic mass is 16.4. The predicted octanol–water partition coefficient (Wildman–Crippen LogP) is 1.30. The number of nitrogens with one attached hydrogen (secondary N) is 1. The highest BCUT2D eigenvalue weighted by Gasteiger charge is 2.46. The zero-order valence-corrected chi connectivity index (χ0v) is 12.9. The Balaban J connectivity index is 1.80. The number of carboxylic acids is 1. The first-order chi connectivity index (χ1) is 10.9. The Morgan fingerprint density at radius 3 is 2.48 bits per heavy atom. The molecule has 3 rings (SSSR count). The molecule has 0 saturated carbocycles. The average Bonchev–Trinajstić information content (AvgIpc) is 3.13. The van der Waals surface area contributed by atoms with Crippen LogP contribution in [0.4, 0.5) is 10.5 Å². The van der Waals surface area contributed by atoms with Crippen molar-refractivity contribution in [3.63, 3.8) is 0 Å². The first-order valence-corrected chi connectivity index (χ1v) is 7.64.